The van der Waals surface area contributed by atoms with Crippen LogP contribution >= 0.6 is 0 Å². The zero-order chi connectivity index (χ0) is 18.7. The molecule has 0 aliphatic carbocycles. The minimum Gasteiger partial charge on any atom is -0.392 e. The summed E-state index contributed by atoms with van der Waals surface area (Å²) in [6.07, 6.45) is 0. The van der Waals surface area contributed by atoms with Gasteiger partial charge in [0.2, 0.25) is 0 Å². The summed E-state index contributed by atoms with van der Waals surface area (Å²) in [4.78, 5) is 0. The first-order valence-electron chi connectivity index (χ1n) is 8.40. The van der Waals surface area contributed by atoms with Crippen LogP contribution in [0.2, 0.25) is 0 Å². The zero-order valence-electron chi connectivity index (χ0n) is 14.8. The van der Waals surface area contributed by atoms with Crippen LogP contribution in [0.5, 0.6) is 0 Å². The summed E-state index contributed by atoms with van der Waals surface area (Å²) in [6.45, 7) is 4.88. The number of hydrogen-bond acceptors (Lipinski definition) is 3. The van der Waals surface area contributed by atoms with Crippen molar-refractivity contribution in [2.45, 2.75) is 33.5 Å². The van der Waals surface area contributed by atoms with Crippen molar-refractivity contribution in [2.75, 3.05) is 0 Å². The Morgan fingerprint density at radius 1 is 1.04 bits per heavy atom. The lowest BCUT2D eigenvalue weighted by atomic mass is 10.1. The minimum atomic E-state index is -0.646. The molecule has 1 heterocycles. The number of nitrogens with one attached hydrogen (secondary N) is 1. The van der Waals surface area contributed by atoms with Crippen LogP contribution in [0.3, 0.4) is 0 Å². The molecule has 0 atom stereocenters. The number of benzene rings is 2. The summed E-state index contributed by atoms with van der Waals surface area (Å²) in [5.41, 5.74) is 4.70. The van der Waals surface area contributed by atoms with E-state index in [0.29, 0.717) is 13.1 Å². The van der Waals surface area contributed by atoms with Crippen LogP contribution in [-0.2, 0) is 19.7 Å². The van der Waals surface area contributed by atoms with Gasteiger partial charge in [0.05, 0.1) is 12.3 Å². The molecule has 2 aromatic carbocycles. The second kappa shape index (κ2) is 7.76. The van der Waals surface area contributed by atoms with E-state index in [1.165, 1.54) is 16.8 Å². The predicted octanol–water partition coefficient (Wildman–Crippen LogP) is 3.55. The molecule has 0 unspecified atom stereocenters. The van der Waals surface area contributed by atoms with Gasteiger partial charge in [-0.2, -0.15) is 5.10 Å². The fourth-order valence-corrected chi connectivity index (χ4v) is 3.02. The molecule has 0 radical (unpaired) electrons. The van der Waals surface area contributed by atoms with Crippen molar-refractivity contribution in [1.82, 2.24) is 15.1 Å². The molecule has 0 aliphatic heterocycles. The van der Waals surface area contributed by atoms with Crippen LogP contribution in [0.4, 0.5) is 8.78 Å². The topological polar surface area (TPSA) is 50.1 Å². The predicted molar refractivity (Wildman–Crippen MR) is 95.9 cm³/mol. The molecule has 0 saturated carbocycles. The lowest BCUT2D eigenvalue weighted by Gasteiger charge is -2.10. The lowest BCUT2D eigenvalue weighted by molar-refractivity contribution is 0.280. The third kappa shape index (κ3) is 3.66. The van der Waals surface area contributed by atoms with E-state index in [1.807, 2.05) is 38.1 Å². The van der Waals surface area contributed by atoms with E-state index in [1.54, 1.807) is 0 Å². The molecule has 26 heavy (non-hydrogen) atoms. The Labute approximate surface area is 151 Å². The van der Waals surface area contributed by atoms with Crippen molar-refractivity contribution < 1.29 is 13.9 Å². The van der Waals surface area contributed by atoms with Crippen LogP contribution in [0.15, 0.2) is 42.5 Å². The lowest BCUT2D eigenvalue weighted by Crippen LogP contribution is -2.15. The summed E-state index contributed by atoms with van der Waals surface area (Å²) >= 11 is 0. The molecule has 0 spiro atoms. The standard InChI is InChI=1S/C20H21F2N3O/c1-13-18(11-23-10-15-5-3-4-6-16(15)12-26)14(2)25(24-13)20-8-7-17(21)9-19(20)22/h3-9,23,26H,10-12H2,1-2H3. The van der Waals surface area contributed by atoms with E-state index >= 15 is 0 Å². The molecule has 3 rings (SSSR count). The third-order valence-corrected chi connectivity index (χ3v) is 4.49. The van der Waals surface area contributed by atoms with Gasteiger partial charge < -0.3 is 10.4 Å². The maximum atomic E-state index is 14.1. The van der Waals surface area contributed by atoms with Crippen molar-refractivity contribution in [3.63, 3.8) is 0 Å². The summed E-state index contributed by atoms with van der Waals surface area (Å²) in [7, 11) is 0. The van der Waals surface area contributed by atoms with Gasteiger partial charge in [-0.25, -0.2) is 13.5 Å². The van der Waals surface area contributed by atoms with Crippen LogP contribution < -0.4 is 5.32 Å². The van der Waals surface area contributed by atoms with Crippen LogP contribution in [0.25, 0.3) is 5.69 Å². The fraction of sp³-hybridized carbons (Fsp3) is 0.250. The average Bonchev–Trinajstić information content (AvgIpc) is 2.90. The molecule has 0 amide bonds. The SMILES string of the molecule is Cc1nn(-c2ccc(F)cc2F)c(C)c1CNCc1ccccc1CO. The highest BCUT2D eigenvalue weighted by Gasteiger charge is 2.15. The first-order valence-corrected chi connectivity index (χ1v) is 8.40. The highest BCUT2D eigenvalue weighted by atomic mass is 19.1. The molecule has 3 aromatic rings. The Morgan fingerprint density at radius 3 is 2.46 bits per heavy atom. The quantitative estimate of drug-likeness (QED) is 0.709. The van der Waals surface area contributed by atoms with Gasteiger partial charge in [-0.15, -0.1) is 0 Å². The Bertz CT molecular complexity index is 921. The average molecular weight is 357 g/mol. The monoisotopic (exact) mass is 357 g/mol. The van der Waals surface area contributed by atoms with Gasteiger partial charge in [-0.05, 0) is 37.1 Å². The number of rotatable bonds is 6. The van der Waals surface area contributed by atoms with Gasteiger partial charge in [-0.3, -0.25) is 0 Å². The molecular formula is C20H21F2N3O. The third-order valence-electron chi connectivity index (χ3n) is 4.49. The molecule has 0 fully saturated rings. The Morgan fingerprint density at radius 2 is 1.77 bits per heavy atom. The molecule has 2 N–H and O–H groups in total. The second-order valence-electron chi connectivity index (χ2n) is 6.19. The Kier molecular flexibility index (Phi) is 5.44. The van der Waals surface area contributed by atoms with Crippen molar-refractivity contribution in [3.05, 3.63) is 82.2 Å². The number of hydrogen-bond donors (Lipinski definition) is 2. The number of nitrogens with zero attached hydrogens (tertiary/aromatic N) is 2. The smallest absolute Gasteiger partial charge is 0.151 e. The largest absolute Gasteiger partial charge is 0.392 e. The van der Waals surface area contributed by atoms with Gasteiger partial charge in [0.15, 0.2) is 5.82 Å². The normalized spacial score (nSPS) is 11.1. The number of halogens is 2. The van der Waals surface area contributed by atoms with Gasteiger partial charge in [0, 0.05) is 30.4 Å². The Balaban J connectivity index is 1.78. The van der Waals surface area contributed by atoms with Gasteiger partial charge >= 0.3 is 0 Å². The van der Waals surface area contributed by atoms with E-state index in [0.717, 1.165) is 34.1 Å². The summed E-state index contributed by atoms with van der Waals surface area (Å²) < 4.78 is 28.7. The number of aryl methyl sites for hydroxylation is 1. The van der Waals surface area contributed by atoms with Crippen LogP contribution in [0.1, 0.15) is 28.1 Å². The van der Waals surface area contributed by atoms with E-state index < -0.39 is 11.6 Å². The molecule has 0 aliphatic rings. The maximum Gasteiger partial charge on any atom is 0.151 e. The molecule has 136 valence electrons. The molecule has 0 saturated heterocycles. The molecule has 4 nitrogen and oxygen atoms in total. The van der Waals surface area contributed by atoms with Gasteiger partial charge in [0.25, 0.3) is 0 Å². The van der Waals surface area contributed by atoms with Crippen molar-refractivity contribution >= 4 is 0 Å². The highest BCUT2D eigenvalue weighted by Crippen LogP contribution is 2.21. The number of aliphatic hydroxyl groups excluding tert-OH is 1. The fourth-order valence-electron chi connectivity index (χ4n) is 3.02. The van der Waals surface area contributed by atoms with Crippen molar-refractivity contribution in [3.8, 4) is 5.69 Å². The van der Waals surface area contributed by atoms with Gasteiger partial charge in [0.1, 0.15) is 11.5 Å². The highest BCUT2D eigenvalue weighted by molar-refractivity contribution is 5.38. The van der Waals surface area contributed by atoms with Crippen molar-refractivity contribution in [2.24, 2.45) is 0 Å². The first kappa shape index (κ1) is 18.2. The van der Waals surface area contributed by atoms with Crippen molar-refractivity contribution in [1.29, 1.82) is 0 Å². The van der Waals surface area contributed by atoms with E-state index in [-0.39, 0.29) is 12.3 Å². The maximum absolute atomic E-state index is 14.1. The van der Waals surface area contributed by atoms with E-state index in [2.05, 4.69) is 10.4 Å². The minimum absolute atomic E-state index is 0.00230. The van der Waals surface area contributed by atoms with E-state index in [9.17, 15) is 13.9 Å². The van der Waals surface area contributed by atoms with E-state index in [4.69, 9.17) is 0 Å². The first-order chi connectivity index (χ1) is 12.5. The zero-order valence-corrected chi connectivity index (χ0v) is 14.8. The van der Waals surface area contributed by atoms with Crippen LogP contribution in [-0.4, -0.2) is 14.9 Å². The summed E-state index contributed by atoms with van der Waals surface area (Å²) in [5.74, 6) is -1.26. The summed E-state index contributed by atoms with van der Waals surface area (Å²) in [6, 6.07) is 11.2. The number of aromatic nitrogens is 2. The number of aliphatic hydroxyl groups is 1. The molecule has 0 bridgehead atoms. The molecule has 6 heteroatoms. The second-order valence-corrected chi connectivity index (χ2v) is 6.19. The Hall–Kier alpha value is -2.57. The molecular weight excluding hydrogens is 336 g/mol. The van der Waals surface area contributed by atoms with Gasteiger partial charge in [-0.1, -0.05) is 24.3 Å². The molecule has 1 aromatic heterocycles. The summed E-state index contributed by atoms with van der Waals surface area (Å²) in [5, 5.41) is 17.1. The van der Waals surface area contributed by atoms with Crippen LogP contribution in [0, 0.1) is 25.5 Å².